The molecule has 0 bridgehead atoms. The first kappa shape index (κ1) is 78.3. The number of nitrogens with one attached hydrogen (secondary N) is 1. The number of carbonyl (C=O) groups excluding carboxylic acids is 5. The van der Waals surface area contributed by atoms with Gasteiger partial charge >= 0.3 is 23.9 Å². The number of rotatable bonds is 47. The third-order valence-corrected chi connectivity index (χ3v) is 23.6. The Hall–Kier alpha value is -6.71. The van der Waals surface area contributed by atoms with Crippen molar-refractivity contribution >= 4 is 48.5 Å². The number of amides is 1. The van der Waals surface area contributed by atoms with Crippen LogP contribution >= 0.6 is 0 Å². The van der Waals surface area contributed by atoms with Gasteiger partial charge in [0.2, 0.25) is 5.91 Å². The van der Waals surface area contributed by atoms with Crippen LogP contribution in [-0.4, -0.2) is 95.2 Å². The van der Waals surface area contributed by atoms with Crippen molar-refractivity contribution in [2.75, 3.05) is 20.3 Å². The van der Waals surface area contributed by atoms with Crippen molar-refractivity contribution in [3.63, 3.8) is 0 Å². The zero-order valence-electron chi connectivity index (χ0n) is 58.9. The van der Waals surface area contributed by atoms with Crippen molar-refractivity contribution < 1.29 is 56.8 Å². The second-order valence-corrected chi connectivity index (χ2v) is 31.4. The van der Waals surface area contributed by atoms with Crippen LogP contribution in [0.3, 0.4) is 0 Å². The molecule has 1 aliphatic heterocycles. The van der Waals surface area contributed by atoms with E-state index in [1.807, 2.05) is 36.4 Å². The lowest BCUT2D eigenvalue weighted by atomic mass is 9.85. The molecule has 13 nitrogen and oxygen atoms in total. The minimum absolute atomic E-state index is 0.174. The molecule has 0 aromatic heterocycles. The van der Waals surface area contributed by atoms with Gasteiger partial charge in [-0.1, -0.05) is 316 Å². The van der Waals surface area contributed by atoms with Gasteiger partial charge in [-0.3, -0.25) is 9.59 Å². The van der Waals surface area contributed by atoms with E-state index in [2.05, 4.69) is 76.4 Å². The molecule has 0 spiro atoms. The standard InChI is InChI=1S/C82H115NO12Si/c1-7-9-11-13-15-17-19-21-22-24-26-28-30-32-49-61-74(84)83-71(72(60-48-31-29-27-25-23-20-18-16-14-12-10-8-2)95-96(82(3,4)5,68-56-44-36-45-57-68)69-58-46-37-47-59-69)63-91-81-77(94-80(88)67-54-42-35-43-55-67)70(62-75(85)89-6)76(93-79(87)66-52-40-34-41-53-66)73(92-81)64-90-78(86)65-50-38-33-39-51-65/h33-48,50-60,70-73,76-77,81H,7-32,49,61-64H2,1-6H3,(H,83,84)/b60-48+/t70?,71-,72+,73?,76-,77+,81-/m1/s1. The molecule has 0 aliphatic carbocycles. The van der Waals surface area contributed by atoms with E-state index in [1.165, 1.54) is 129 Å². The highest BCUT2D eigenvalue weighted by molar-refractivity contribution is 6.99. The van der Waals surface area contributed by atoms with Crippen molar-refractivity contribution in [3.05, 3.63) is 181 Å². The van der Waals surface area contributed by atoms with Gasteiger partial charge in [0.15, 0.2) is 12.4 Å². The Morgan fingerprint density at radius 1 is 0.510 bits per heavy atom. The van der Waals surface area contributed by atoms with Crippen molar-refractivity contribution in [3.8, 4) is 0 Å². The van der Waals surface area contributed by atoms with Crippen LogP contribution in [0.5, 0.6) is 0 Å². The molecule has 1 aliphatic rings. The van der Waals surface area contributed by atoms with Gasteiger partial charge in [-0.25, -0.2) is 14.4 Å². The molecule has 0 radical (unpaired) electrons. The van der Waals surface area contributed by atoms with Gasteiger partial charge < -0.3 is 38.2 Å². The molecule has 6 rings (SSSR count). The third-order valence-electron chi connectivity index (χ3n) is 18.5. The van der Waals surface area contributed by atoms with Crippen LogP contribution in [-0.2, 0) is 42.4 Å². The molecule has 2 unspecified atom stereocenters. The number of hydrogen-bond donors (Lipinski definition) is 1. The van der Waals surface area contributed by atoms with Gasteiger partial charge in [-0.2, -0.15) is 0 Å². The lowest BCUT2D eigenvalue weighted by Gasteiger charge is -2.47. The molecule has 0 saturated carbocycles. The van der Waals surface area contributed by atoms with E-state index in [9.17, 15) is 24.0 Å². The predicted molar refractivity (Wildman–Crippen MR) is 387 cm³/mol. The molecular formula is C82H115NO12Si. The highest BCUT2D eigenvalue weighted by Crippen LogP contribution is 2.40. The van der Waals surface area contributed by atoms with E-state index in [1.54, 1.807) is 91.0 Å². The van der Waals surface area contributed by atoms with Crippen LogP contribution < -0.4 is 15.7 Å². The Kier molecular flexibility index (Phi) is 36.7. The quantitative estimate of drug-likeness (QED) is 0.0129. The molecule has 5 aromatic rings. The fourth-order valence-corrected chi connectivity index (χ4v) is 17.7. The first-order chi connectivity index (χ1) is 46.8. The molecule has 1 saturated heterocycles. The molecule has 1 fully saturated rings. The summed E-state index contributed by atoms with van der Waals surface area (Å²) in [5, 5.41) is 5.07. The summed E-state index contributed by atoms with van der Waals surface area (Å²) < 4.78 is 46.2. The number of methoxy groups -OCH3 is 1. The van der Waals surface area contributed by atoms with Crippen molar-refractivity contribution in [1.82, 2.24) is 5.32 Å². The Bertz CT molecular complexity index is 2920. The predicted octanol–water partition coefficient (Wildman–Crippen LogP) is 18.2. The van der Waals surface area contributed by atoms with Crippen LogP contribution in [0.25, 0.3) is 0 Å². The van der Waals surface area contributed by atoms with Crippen LogP contribution in [0.1, 0.15) is 252 Å². The summed E-state index contributed by atoms with van der Waals surface area (Å²) in [7, 11) is -2.15. The summed E-state index contributed by atoms with van der Waals surface area (Å²) in [6.45, 7) is 10.5. The SMILES string of the molecule is CCCCCCCCCCCCC/C=C/[C@H](O[Si](c1ccccc1)(c1ccccc1)C(C)(C)C)[C@@H](CO[C@@H]1OC(COC(=O)c2ccccc2)[C@H](OC(=O)c2ccccc2)C(CC(=O)OC)[C@@H]1OC(=O)c1ccccc1)NC(=O)CCCCCCCCCCCCCCCCC. The van der Waals surface area contributed by atoms with Gasteiger partial charge in [-0.05, 0) is 71.1 Å². The Labute approximate surface area is 577 Å². The summed E-state index contributed by atoms with van der Waals surface area (Å²) in [6, 6.07) is 45.1. The van der Waals surface area contributed by atoms with E-state index in [-0.39, 0.29) is 35.6 Å². The number of unbranched alkanes of at least 4 members (excludes halogenated alkanes) is 25. The number of ether oxygens (including phenoxy) is 6. The Balaban J connectivity index is 1.38. The number of esters is 4. The average molecular weight is 1330 g/mol. The molecule has 7 atom stereocenters. The van der Waals surface area contributed by atoms with Gasteiger partial charge in [-0.15, -0.1) is 0 Å². The number of hydrogen-bond acceptors (Lipinski definition) is 12. The van der Waals surface area contributed by atoms with Gasteiger partial charge in [0.1, 0.15) is 18.8 Å². The second-order valence-electron chi connectivity index (χ2n) is 27.1. The van der Waals surface area contributed by atoms with Crippen LogP contribution in [0.4, 0.5) is 0 Å². The van der Waals surface area contributed by atoms with Crippen molar-refractivity contribution in [2.24, 2.45) is 5.92 Å². The smallest absolute Gasteiger partial charge is 0.338 e. The molecule has 524 valence electrons. The zero-order chi connectivity index (χ0) is 68.5. The summed E-state index contributed by atoms with van der Waals surface area (Å²) >= 11 is 0. The number of benzene rings is 5. The molecule has 1 heterocycles. The molecule has 1 amide bonds. The summed E-state index contributed by atoms with van der Waals surface area (Å²) in [5.41, 5.74) is 0.679. The van der Waals surface area contributed by atoms with E-state index in [4.69, 9.17) is 32.8 Å². The normalized spacial score (nSPS) is 17.1. The first-order valence-corrected chi connectivity index (χ1v) is 38.5. The molecule has 96 heavy (non-hydrogen) atoms. The number of carbonyl (C=O) groups is 5. The monoisotopic (exact) mass is 1330 g/mol. The fourth-order valence-electron chi connectivity index (χ4n) is 13.1. The maximum absolute atomic E-state index is 14.9. The summed E-state index contributed by atoms with van der Waals surface area (Å²) in [6.07, 6.45) is 29.9. The average Bonchev–Trinajstić information content (AvgIpc) is 0.746. The first-order valence-electron chi connectivity index (χ1n) is 36.6. The lowest BCUT2D eigenvalue weighted by Crippen LogP contribution is -2.69. The van der Waals surface area contributed by atoms with Crippen molar-refractivity contribution in [1.29, 1.82) is 0 Å². The fraction of sp³-hybridized carbons (Fsp3) is 0.549. The topological polar surface area (TPSA) is 162 Å². The minimum atomic E-state index is -3.39. The van der Waals surface area contributed by atoms with Crippen LogP contribution in [0.2, 0.25) is 5.04 Å². The summed E-state index contributed by atoms with van der Waals surface area (Å²) in [5.74, 6) is -4.27. The minimum Gasteiger partial charge on any atom is -0.469 e. The number of allylic oxidation sites excluding steroid dienone is 1. The second kappa shape index (κ2) is 45.0. The van der Waals surface area contributed by atoms with E-state index in [0.717, 1.165) is 55.3 Å². The van der Waals surface area contributed by atoms with Gasteiger partial charge in [0.25, 0.3) is 8.32 Å². The lowest BCUT2D eigenvalue weighted by molar-refractivity contribution is -0.290. The Morgan fingerprint density at radius 3 is 1.33 bits per heavy atom. The molecular weight excluding hydrogens is 1220 g/mol. The maximum Gasteiger partial charge on any atom is 0.338 e. The van der Waals surface area contributed by atoms with Gasteiger partial charge in [0, 0.05) is 6.42 Å². The van der Waals surface area contributed by atoms with E-state index in [0.29, 0.717) is 6.42 Å². The van der Waals surface area contributed by atoms with Gasteiger partial charge in [0.05, 0.1) is 54.9 Å². The van der Waals surface area contributed by atoms with E-state index < -0.39 is 92.9 Å². The molecule has 14 heteroatoms. The third kappa shape index (κ3) is 27.0. The zero-order valence-corrected chi connectivity index (χ0v) is 59.9. The highest BCUT2D eigenvalue weighted by atomic mass is 28.4. The van der Waals surface area contributed by atoms with Crippen LogP contribution in [0.15, 0.2) is 164 Å². The largest absolute Gasteiger partial charge is 0.469 e. The van der Waals surface area contributed by atoms with Crippen LogP contribution in [0, 0.1) is 5.92 Å². The molecule has 1 N–H and O–H groups in total. The summed E-state index contributed by atoms with van der Waals surface area (Å²) in [4.78, 5) is 71.4. The maximum atomic E-state index is 14.9. The highest BCUT2D eigenvalue weighted by Gasteiger charge is 2.54. The van der Waals surface area contributed by atoms with E-state index >= 15 is 0 Å². The Morgan fingerprint density at radius 2 is 0.906 bits per heavy atom. The molecule has 5 aromatic carbocycles. The van der Waals surface area contributed by atoms with Crippen molar-refractivity contribution in [2.45, 2.75) is 263 Å².